The second kappa shape index (κ2) is 6.83. The van der Waals surface area contributed by atoms with Gasteiger partial charge in [0.05, 0.1) is 22.9 Å². The summed E-state index contributed by atoms with van der Waals surface area (Å²) in [5, 5.41) is 15.5. The van der Waals surface area contributed by atoms with Crippen LogP contribution in [-0.2, 0) is 6.61 Å². The third-order valence-corrected chi connectivity index (χ3v) is 3.07. The zero-order chi connectivity index (χ0) is 16.9. The summed E-state index contributed by atoms with van der Waals surface area (Å²) < 4.78 is 35.2. The van der Waals surface area contributed by atoms with Crippen LogP contribution < -0.4 is 4.74 Å². The average molecular weight is 328 g/mol. The van der Waals surface area contributed by atoms with Crippen LogP contribution >= 0.6 is 0 Å². The number of nitriles is 1. The lowest BCUT2D eigenvalue weighted by Crippen LogP contribution is -1.98. The van der Waals surface area contributed by atoms with Gasteiger partial charge in [-0.15, -0.1) is 10.2 Å². The quantitative estimate of drug-likeness (QED) is 0.712. The van der Waals surface area contributed by atoms with Crippen molar-refractivity contribution in [2.24, 2.45) is 0 Å². The molecule has 3 rings (SSSR count). The van der Waals surface area contributed by atoms with Gasteiger partial charge in [-0.1, -0.05) is 0 Å². The average Bonchev–Trinajstić information content (AvgIpc) is 3.11. The summed E-state index contributed by atoms with van der Waals surface area (Å²) in [5.74, 6) is -0.131. The molecular formula is C16H10F2N4O2. The first kappa shape index (κ1) is 15.6. The smallest absolute Gasteiger partial charge is 0.314 e. The van der Waals surface area contributed by atoms with E-state index < -0.39 is 12.3 Å². The normalized spacial score (nSPS) is 10.6. The Kier molecular flexibility index (Phi) is 4.43. The summed E-state index contributed by atoms with van der Waals surface area (Å²) in [6.07, 6.45) is -1.36. The highest BCUT2D eigenvalue weighted by Gasteiger charge is 2.17. The van der Waals surface area contributed by atoms with Crippen LogP contribution in [0.25, 0.3) is 11.5 Å². The van der Waals surface area contributed by atoms with E-state index in [4.69, 9.17) is 14.4 Å². The monoisotopic (exact) mass is 328 g/mol. The van der Waals surface area contributed by atoms with Crippen molar-refractivity contribution in [2.45, 2.75) is 13.0 Å². The van der Waals surface area contributed by atoms with Crippen molar-refractivity contribution >= 4 is 0 Å². The molecule has 8 heteroatoms. The Morgan fingerprint density at radius 1 is 1.12 bits per heavy atom. The van der Waals surface area contributed by atoms with Crippen LogP contribution in [0.4, 0.5) is 8.78 Å². The van der Waals surface area contributed by atoms with Crippen LogP contribution in [-0.4, -0.2) is 15.2 Å². The van der Waals surface area contributed by atoms with E-state index in [1.165, 1.54) is 6.20 Å². The summed E-state index contributed by atoms with van der Waals surface area (Å²) in [6.45, 7) is 0.221. The number of aromatic nitrogens is 3. The number of pyridine rings is 1. The molecule has 0 unspecified atom stereocenters. The topological polar surface area (TPSA) is 84.8 Å². The fourth-order valence-corrected chi connectivity index (χ4v) is 1.86. The van der Waals surface area contributed by atoms with Crippen LogP contribution in [0.3, 0.4) is 0 Å². The van der Waals surface area contributed by atoms with Crippen LogP contribution in [0.2, 0.25) is 0 Å². The van der Waals surface area contributed by atoms with E-state index in [9.17, 15) is 8.78 Å². The highest BCUT2D eigenvalue weighted by molar-refractivity contribution is 5.50. The molecule has 6 nitrogen and oxygen atoms in total. The van der Waals surface area contributed by atoms with Gasteiger partial charge in [0, 0.05) is 6.20 Å². The molecule has 0 N–H and O–H groups in total. The molecular weight excluding hydrogens is 318 g/mol. The van der Waals surface area contributed by atoms with Gasteiger partial charge >= 0.3 is 6.43 Å². The van der Waals surface area contributed by atoms with Gasteiger partial charge in [0.25, 0.3) is 5.89 Å². The molecule has 0 saturated heterocycles. The maximum Gasteiger partial charge on any atom is 0.314 e. The molecule has 0 aliphatic carbocycles. The Bertz CT molecular complexity index is 855. The zero-order valence-electron chi connectivity index (χ0n) is 12.2. The summed E-state index contributed by atoms with van der Waals surface area (Å²) in [5.41, 5.74) is 1.63. The van der Waals surface area contributed by atoms with Crippen molar-refractivity contribution in [1.82, 2.24) is 15.2 Å². The minimum absolute atomic E-state index is 0.0163. The third-order valence-electron chi connectivity index (χ3n) is 3.07. The molecule has 0 radical (unpaired) electrons. The molecule has 120 valence electrons. The van der Waals surface area contributed by atoms with Gasteiger partial charge < -0.3 is 9.15 Å². The van der Waals surface area contributed by atoms with Gasteiger partial charge in [0.2, 0.25) is 5.89 Å². The van der Waals surface area contributed by atoms with Gasteiger partial charge in [-0.2, -0.15) is 14.0 Å². The summed E-state index contributed by atoms with van der Waals surface area (Å²) in [4.78, 5) is 4.17. The number of hydrogen-bond donors (Lipinski definition) is 0. The molecule has 0 spiro atoms. The minimum Gasteiger partial charge on any atom is -0.487 e. The molecule has 3 aromatic rings. The Balaban J connectivity index is 1.64. The fourth-order valence-electron chi connectivity index (χ4n) is 1.86. The Morgan fingerprint density at radius 2 is 1.92 bits per heavy atom. The number of ether oxygens (including phenoxy) is 1. The molecule has 0 aliphatic rings. The maximum absolute atomic E-state index is 12.4. The Morgan fingerprint density at radius 3 is 2.50 bits per heavy atom. The largest absolute Gasteiger partial charge is 0.487 e. The molecule has 0 saturated carbocycles. The molecule has 1 aromatic carbocycles. The number of rotatable bonds is 5. The van der Waals surface area contributed by atoms with E-state index in [-0.39, 0.29) is 12.5 Å². The van der Waals surface area contributed by atoms with Gasteiger partial charge in [0.15, 0.2) is 0 Å². The van der Waals surface area contributed by atoms with Crippen LogP contribution in [0, 0.1) is 11.3 Å². The fraction of sp³-hybridized carbons (Fsp3) is 0.125. The van der Waals surface area contributed by atoms with Crippen molar-refractivity contribution in [3.63, 3.8) is 0 Å². The predicted molar refractivity (Wildman–Crippen MR) is 78.0 cm³/mol. The highest BCUT2D eigenvalue weighted by Crippen LogP contribution is 2.23. The lowest BCUT2D eigenvalue weighted by atomic mass is 10.2. The first-order valence-corrected chi connectivity index (χ1v) is 6.85. The van der Waals surface area contributed by atoms with Crippen LogP contribution in [0.5, 0.6) is 5.75 Å². The van der Waals surface area contributed by atoms with Crippen LogP contribution in [0.1, 0.15) is 23.6 Å². The van der Waals surface area contributed by atoms with E-state index in [0.29, 0.717) is 22.6 Å². The second-order valence-electron chi connectivity index (χ2n) is 4.71. The second-order valence-corrected chi connectivity index (χ2v) is 4.71. The van der Waals surface area contributed by atoms with Crippen LogP contribution in [0.15, 0.2) is 47.0 Å². The molecule has 2 heterocycles. The standard InChI is InChI=1S/C16H10F2N4O2/c17-14(18)16-22-21-15(24-16)11-3-4-12(20-8-11)9-23-13-5-1-10(7-19)2-6-13/h1-6,8,14H,9H2. The Hall–Kier alpha value is -3.34. The number of hydrogen-bond acceptors (Lipinski definition) is 6. The van der Waals surface area contributed by atoms with Gasteiger partial charge in [-0.05, 0) is 36.4 Å². The molecule has 0 atom stereocenters. The Labute approximate surface area is 135 Å². The highest BCUT2D eigenvalue weighted by atomic mass is 19.3. The summed E-state index contributed by atoms with van der Waals surface area (Å²) >= 11 is 0. The molecule has 0 amide bonds. The number of nitrogens with zero attached hydrogens (tertiary/aromatic N) is 4. The predicted octanol–water partition coefficient (Wildman–Crippen LogP) is 3.52. The van der Waals surface area contributed by atoms with Crippen molar-refractivity contribution in [3.8, 4) is 23.3 Å². The van der Waals surface area contributed by atoms with Crippen molar-refractivity contribution in [1.29, 1.82) is 5.26 Å². The first-order valence-electron chi connectivity index (χ1n) is 6.85. The van der Waals surface area contributed by atoms with Gasteiger partial charge in [-0.25, -0.2) is 0 Å². The SMILES string of the molecule is N#Cc1ccc(OCc2ccc(-c3nnc(C(F)F)o3)cn2)cc1. The van der Waals surface area contributed by atoms with E-state index in [1.807, 2.05) is 6.07 Å². The molecule has 0 fully saturated rings. The lowest BCUT2D eigenvalue weighted by molar-refractivity contribution is 0.116. The summed E-state index contributed by atoms with van der Waals surface area (Å²) in [7, 11) is 0. The van der Waals surface area contributed by atoms with Gasteiger partial charge in [-0.3, -0.25) is 4.98 Å². The molecule has 24 heavy (non-hydrogen) atoms. The zero-order valence-corrected chi connectivity index (χ0v) is 12.2. The number of benzene rings is 1. The van der Waals surface area contributed by atoms with E-state index in [1.54, 1.807) is 36.4 Å². The first-order chi connectivity index (χ1) is 11.7. The maximum atomic E-state index is 12.4. The molecule has 0 aliphatic heterocycles. The number of halogens is 2. The molecule has 0 bridgehead atoms. The van der Waals surface area contributed by atoms with E-state index in [0.717, 1.165) is 0 Å². The molecule has 2 aromatic heterocycles. The summed E-state index contributed by atoms with van der Waals surface area (Å²) in [6, 6.07) is 12.0. The third kappa shape index (κ3) is 3.52. The van der Waals surface area contributed by atoms with Gasteiger partial charge in [0.1, 0.15) is 12.4 Å². The van der Waals surface area contributed by atoms with Crippen molar-refractivity contribution < 1.29 is 17.9 Å². The minimum atomic E-state index is -2.81. The van der Waals surface area contributed by atoms with Crippen molar-refractivity contribution in [3.05, 3.63) is 59.7 Å². The van der Waals surface area contributed by atoms with E-state index >= 15 is 0 Å². The lowest BCUT2D eigenvalue weighted by Gasteiger charge is -2.05. The van der Waals surface area contributed by atoms with Crippen molar-refractivity contribution in [2.75, 3.05) is 0 Å². The number of alkyl halides is 2. The van der Waals surface area contributed by atoms with E-state index in [2.05, 4.69) is 15.2 Å².